The molecule has 3 aromatic rings. The Morgan fingerprint density at radius 2 is 2.03 bits per heavy atom. The van der Waals surface area contributed by atoms with Crippen molar-refractivity contribution in [2.24, 2.45) is 0 Å². The van der Waals surface area contributed by atoms with Crippen LogP contribution in [0.25, 0.3) is 16.8 Å². The number of fused-ring (bicyclic) bond motifs is 2. The summed E-state index contributed by atoms with van der Waals surface area (Å²) in [5.74, 6) is 0.859. The third-order valence-corrected chi connectivity index (χ3v) is 5.40. The van der Waals surface area contributed by atoms with Crippen molar-refractivity contribution < 1.29 is 13.9 Å². The fraction of sp³-hybridized carbons (Fsp3) is 0.238. The van der Waals surface area contributed by atoms with Crippen molar-refractivity contribution in [3.05, 3.63) is 65.6 Å². The van der Waals surface area contributed by atoms with Crippen molar-refractivity contribution in [1.82, 2.24) is 24.6 Å². The minimum Gasteiger partial charge on any atom is -0.481 e. The zero-order valence-corrected chi connectivity index (χ0v) is 15.8. The fourth-order valence-electron chi connectivity index (χ4n) is 3.91. The maximum atomic E-state index is 14.5. The van der Waals surface area contributed by atoms with Gasteiger partial charge in [-0.3, -0.25) is 9.36 Å². The number of amides is 1. The molecule has 0 saturated carbocycles. The van der Waals surface area contributed by atoms with E-state index >= 15 is 0 Å². The van der Waals surface area contributed by atoms with Crippen molar-refractivity contribution >= 4 is 11.6 Å². The number of ether oxygens (including phenoxy) is 1. The number of nitrogens with zero attached hydrogens (tertiary/aromatic N) is 5. The van der Waals surface area contributed by atoms with Crippen molar-refractivity contribution in [2.45, 2.75) is 19.4 Å². The van der Waals surface area contributed by atoms with Crippen molar-refractivity contribution in [2.75, 3.05) is 13.7 Å². The minimum atomic E-state index is -0.335. The van der Waals surface area contributed by atoms with Crippen LogP contribution in [0.4, 0.5) is 4.39 Å². The third kappa shape index (κ3) is 2.97. The standard InChI is InChI=1S/C21H18FN5O2/c1-29-19-7-4-14(9-23-19)13-2-5-17(22)16(8-13)11-26-10-15-3-6-18-25-24-12-27(18)20(15)21(26)28/h2,4-5,7-9,12H,3,6,10-11H2,1H3. The van der Waals surface area contributed by atoms with Crippen LogP contribution in [0.3, 0.4) is 0 Å². The van der Waals surface area contributed by atoms with E-state index in [1.54, 1.807) is 47.3 Å². The lowest BCUT2D eigenvalue weighted by atomic mass is 10.0. The van der Waals surface area contributed by atoms with E-state index in [0.29, 0.717) is 23.7 Å². The SMILES string of the molecule is COc1ccc(-c2ccc(F)c(CN3CC4=C(C3=O)n3cnnc3CC4)c2)cn1. The summed E-state index contributed by atoms with van der Waals surface area (Å²) < 4.78 is 21.4. The number of aryl methyl sites for hydroxylation is 1. The van der Waals surface area contributed by atoms with Gasteiger partial charge in [0.15, 0.2) is 0 Å². The van der Waals surface area contributed by atoms with Crippen LogP contribution in [0.5, 0.6) is 5.88 Å². The lowest BCUT2D eigenvalue weighted by Gasteiger charge is -2.18. The van der Waals surface area contributed by atoms with E-state index in [2.05, 4.69) is 15.2 Å². The molecule has 2 aliphatic rings. The zero-order valence-electron chi connectivity index (χ0n) is 15.8. The Labute approximate surface area is 166 Å². The monoisotopic (exact) mass is 391 g/mol. The maximum absolute atomic E-state index is 14.5. The lowest BCUT2D eigenvalue weighted by Crippen LogP contribution is -2.27. The molecule has 7 nitrogen and oxygen atoms in total. The van der Waals surface area contributed by atoms with E-state index < -0.39 is 0 Å². The molecule has 2 aromatic heterocycles. The van der Waals surface area contributed by atoms with Crippen LogP contribution < -0.4 is 4.74 Å². The number of aromatic nitrogens is 4. The van der Waals surface area contributed by atoms with Gasteiger partial charge < -0.3 is 9.64 Å². The van der Waals surface area contributed by atoms with Crippen LogP contribution in [0.2, 0.25) is 0 Å². The van der Waals surface area contributed by atoms with Gasteiger partial charge in [0, 0.05) is 42.9 Å². The number of carbonyl (C=O) groups is 1. The van der Waals surface area contributed by atoms with Gasteiger partial charge in [0.25, 0.3) is 5.91 Å². The molecule has 0 radical (unpaired) electrons. The summed E-state index contributed by atoms with van der Waals surface area (Å²) in [7, 11) is 1.56. The Kier molecular flexibility index (Phi) is 4.12. The molecule has 0 N–H and O–H groups in total. The Hall–Kier alpha value is -3.55. The largest absolute Gasteiger partial charge is 0.481 e. The van der Waals surface area contributed by atoms with Crippen molar-refractivity contribution in [3.8, 4) is 17.0 Å². The Morgan fingerprint density at radius 1 is 1.17 bits per heavy atom. The van der Waals surface area contributed by atoms with Gasteiger partial charge in [-0.05, 0) is 35.8 Å². The van der Waals surface area contributed by atoms with Gasteiger partial charge in [-0.25, -0.2) is 9.37 Å². The average Bonchev–Trinajstić information content (AvgIpc) is 3.34. The molecule has 0 saturated heterocycles. The molecule has 0 aliphatic carbocycles. The second-order valence-electron chi connectivity index (χ2n) is 7.13. The summed E-state index contributed by atoms with van der Waals surface area (Å²) in [6, 6.07) is 8.55. The van der Waals surface area contributed by atoms with E-state index in [4.69, 9.17) is 4.74 Å². The smallest absolute Gasteiger partial charge is 0.271 e. The van der Waals surface area contributed by atoms with E-state index in [1.165, 1.54) is 6.07 Å². The second kappa shape index (κ2) is 6.80. The highest BCUT2D eigenvalue weighted by atomic mass is 19.1. The highest BCUT2D eigenvalue weighted by Gasteiger charge is 2.35. The molecule has 29 heavy (non-hydrogen) atoms. The summed E-state index contributed by atoms with van der Waals surface area (Å²) in [6.45, 7) is 0.700. The van der Waals surface area contributed by atoms with Crippen LogP contribution >= 0.6 is 0 Å². The quantitative estimate of drug-likeness (QED) is 0.684. The van der Waals surface area contributed by atoms with Gasteiger partial charge in [0.1, 0.15) is 23.7 Å². The molecular weight excluding hydrogens is 373 g/mol. The van der Waals surface area contributed by atoms with Crippen LogP contribution in [0.1, 0.15) is 17.8 Å². The van der Waals surface area contributed by atoms with E-state index in [-0.39, 0.29) is 18.3 Å². The first kappa shape index (κ1) is 17.5. The molecule has 8 heteroatoms. The van der Waals surface area contributed by atoms with Crippen molar-refractivity contribution in [1.29, 1.82) is 0 Å². The molecule has 0 unspecified atom stereocenters. The van der Waals surface area contributed by atoms with E-state index in [0.717, 1.165) is 35.4 Å². The first-order valence-electron chi connectivity index (χ1n) is 9.33. The summed E-state index contributed by atoms with van der Waals surface area (Å²) in [6.07, 6.45) is 4.79. The molecule has 0 atom stereocenters. The molecule has 1 amide bonds. The van der Waals surface area contributed by atoms with E-state index in [9.17, 15) is 9.18 Å². The number of carbonyl (C=O) groups excluding carboxylic acids is 1. The number of hydrogen-bond acceptors (Lipinski definition) is 5. The number of pyridine rings is 1. The summed E-state index contributed by atoms with van der Waals surface area (Å²) in [5, 5.41) is 7.98. The van der Waals surface area contributed by atoms with Gasteiger partial charge in [0.05, 0.1) is 7.11 Å². The number of halogens is 1. The van der Waals surface area contributed by atoms with Gasteiger partial charge in [-0.1, -0.05) is 6.07 Å². The Balaban J connectivity index is 1.41. The predicted octanol–water partition coefficient (Wildman–Crippen LogP) is 2.69. The highest BCUT2D eigenvalue weighted by molar-refractivity contribution is 6.17. The first-order valence-corrected chi connectivity index (χ1v) is 9.33. The molecule has 0 fully saturated rings. The Morgan fingerprint density at radius 3 is 2.83 bits per heavy atom. The molecular formula is C21H18FN5O2. The number of hydrogen-bond donors (Lipinski definition) is 0. The van der Waals surface area contributed by atoms with Gasteiger partial charge in [-0.2, -0.15) is 0 Å². The minimum absolute atomic E-state index is 0.114. The normalized spacial score (nSPS) is 15.5. The van der Waals surface area contributed by atoms with Crippen LogP contribution in [-0.4, -0.2) is 44.2 Å². The summed E-state index contributed by atoms with van der Waals surface area (Å²) in [5.41, 5.74) is 3.83. The second-order valence-corrected chi connectivity index (χ2v) is 7.13. The summed E-state index contributed by atoms with van der Waals surface area (Å²) >= 11 is 0. The van der Waals surface area contributed by atoms with Crippen LogP contribution in [0.15, 0.2) is 48.4 Å². The van der Waals surface area contributed by atoms with Gasteiger partial charge in [-0.15, -0.1) is 10.2 Å². The van der Waals surface area contributed by atoms with Crippen LogP contribution in [0, 0.1) is 5.82 Å². The molecule has 146 valence electrons. The first-order chi connectivity index (χ1) is 14.1. The Bertz CT molecular complexity index is 1140. The fourth-order valence-corrected chi connectivity index (χ4v) is 3.91. The number of methoxy groups -OCH3 is 1. The molecule has 2 aliphatic heterocycles. The number of rotatable bonds is 4. The highest BCUT2D eigenvalue weighted by Crippen LogP contribution is 2.33. The molecule has 0 bridgehead atoms. The predicted molar refractivity (Wildman–Crippen MR) is 103 cm³/mol. The van der Waals surface area contributed by atoms with Crippen LogP contribution in [-0.2, 0) is 17.8 Å². The topological polar surface area (TPSA) is 73.1 Å². The molecule has 1 aromatic carbocycles. The van der Waals surface area contributed by atoms with Gasteiger partial charge in [0.2, 0.25) is 5.88 Å². The average molecular weight is 391 g/mol. The lowest BCUT2D eigenvalue weighted by molar-refractivity contribution is -0.124. The van der Waals surface area contributed by atoms with Crippen molar-refractivity contribution in [3.63, 3.8) is 0 Å². The third-order valence-electron chi connectivity index (χ3n) is 5.40. The zero-order chi connectivity index (χ0) is 20.0. The summed E-state index contributed by atoms with van der Waals surface area (Å²) in [4.78, 5) is 18.9. The molecule has 0 spiro atoms. The molecule has 4 heterocycles. The number of benzene rings is 1. The molecule has 5 rings (SSSR count). The van der Waals surface area contributed by atoms with Gasteiger partial charge >= 0.3 is 0 Å². The van der Waals surface area contributed by atoms with E-state index in [1.807, 2.05) is 6.07 Å². The maximum Gasteiger partial charge on any atom is 0.271 e.